The highest BCUT2D eigenvalue weighted by Crippen LogP contribution is 2.26. The van der Waals surface area contributed by atoms with Gasteiger partial charge in [-0.1, -0.05) is 18.2 Å². The van der Waals surface area contributed by atoms with E-state index in [9.17, 15) is 9.18 Å². The summed E-state index contributed by atoms with van der Waals surface area (Å²) in [6.45, 7) is 3.79. The van der Waals surface area contributed by atoms with E-state index < -0.39 is 11.7 Å². The van der Waals surface area contributed by atoms with E-state index in [0.29, 0.717) is 11.4 Å². The van der Waals surface area contributed by atoms with Crippen molar-refractivity contribution >= 4 is 27.5 Å². The minimum atomic E-state index is -0.586. The van der Waals surface area contributed by atoms with E-state index in [-0.39, 0.29) is 16.1 Å². The molecule has 0 aliphatic heterocycles. The molecule has 0 radical (unpaired) electrons. The van der Waals surface area contributed by atoms with Crippen molar-refractivity contribution in [3.05, 3.63) is 58.3 Å². The molecule has 5 heteroatoms. The highest BCUT2D eigenvalue weighted by molar-refractivity contribution is 9.10. The van der Waals surface area contributed by atoms with Crippen molar-refractivity contribution in [2.75, 3.05) is 5.32 Å². The zero-order valence-corrected chi connectivity index (χ0v) is 13.3. The quantitative estimate of drug-likeness (QED) is 0.872. The molecule has 110 valence electrons. The molecule has 0 unspecified atom stereocenters. The maximum Gasteiger partial charge on any atom is 0.258 e. The lowest BCUT2D eigenvalue weighted by atomic mass is 10.2. The summed E-state index contributed by atoms with van der Waals surface area (Å²) in [6.07, 6.45) is -0.0225. The maximum atomic E-state index is 13.9. The average molecular weight is 352 g/mol. The molecule has 2 aromatic carbocycles. The summed E-state index contributed by atoms with van der Waals surface area (Å²) in [5.74, 6) is -0.554. The van der Waals surface area contributed by atoms with Gasteiger partial charge in [-0.2, -0.15) is 0 Å². The lowest BCUT2D eigenvalue weighted by Gasteiger charge is -2.15. The zero-order valence-electron chi connectivity index (χ0n) is 11.7. The molecule has 0 spiro atoms. The summed E-state index contributed by atoms with van der Waals surface area (Å²) in [5.41, 5.74) is 0.485. The van der Waals surface area contributed by atoms with Crippen LogP contribution in [-0.2, 0) is 0 Å². The number of carbonyl (C=O) groups excluding carboxylic acids is 1. The van der Waals surface area contributed by atoms with Crippen LogP contribution in [0.4, 0.5) is 10.1 Å². The largest absolute Gasteiger partial charge is 0.489 e. The van der Waals surface area contributed by atoms with Crippen molar-refractivity contribution in [2.45, 2.75) is 20.0 Å². The van der Waals surface area contributed by atoms with Gasteiger partial charge in [0.1, 0.15) is 11.6 Å². The highest BCUT2D eigenvalue weighted by atomic mass is 79.9. The minimum absolute atomic E-state index is 0.0225. The van der Waals surface area contributed by atoms with Crippen LogP contribution >= 0.6 is 15.9 Å². The molecule has 0 saturated carbocycles. The molecule has 21 heavy (non-hydrogen) atoms. The molecule has 0 saturated heterocycles. The van der Waals surface area contributed by atoms with E-state index in [0.717, 1.165) is 0 Å². The summed E-state index contributed by atoms with van der Waals surface area (Å²) in [7, 11) is 0. The van der Waals surface area contributed by atoms with Gasteiger partial charge in [0.2, 0.25) is 0 Å². The Bertz CT molecular complexity index is 658. The maximum absolute atomic E-state index is 13.9. The van der Waals surface area contributed by atoms with Gasteiger partial charge in [0.15, 0.2) is 0 Å². The van der Waals surface area contributed by atoms with Crippen molar-refractivity contribution in [3.63, 3.8) is 0 Å². The molecule has 0 aliphatic rings. The summed E-state index contributed by atoms with van der Waals surface area (Å²) < 4.78 is 19.8. The number of anilines is 1. The summed E-state index contributed by atoms with van der Waals surface area (Å²) in [4.78, 5) is 12.2. The lowest BCUT2D eigenvalue weighted by Crippen LogP contribution is -2.16. The van der Waals surface area contributed by atoms with Gasteiger partial charge in [0.05, 0.1) is 21.8 Å². The Morgan fingerprint density at radius 1 is 1.19 bits per heavy atom. The van der Waals surface area contributed by atoms with Crippen LogP contribution < -0.4 is 10.1 Å². The molecule has 3 nitrogen and oxygen atoms in total. The summed E-state index contributed by atoms with van der Waals surface area (Å²) >= 11 is 3.07. The predicted octanol–water partition coefficient (Wildman–Crippen LogP) is 4.63. The first-order valence-electron chi connectivity index (χ1n) is 6.50. The van der Waals surface area contributed by atoms with Gasteiger partial charge in [-0.3, -0.25) is 4.79 Å². The summed E-state index contributed by atoms with van der Waals surface area (Å²) in [5, 5.41) is 2.68. The average Bonchev–Trinajstić information content (AvgIpc) is 2.43. The van der Waals surface area contributed by atoms with Crippen LogP contribution in [0.15, 0.2) is 46.9 Å². The Morgan fingerprint density at radius 3 is 2.62 bits per heavy atom. The number of benzene rings is 2. The van der Waals surface area contributed by atoms with Gasteiger partial charge in [-0.15, -0.1) is 0 Å². The third-order valence-corrected chi connectivity index (χ3v) is 3.31. The first kappa shape index (κ1) is 15.5. The third-order valence-electron chi connectivity index (χ3n) is 2.69. The molecule has 0 aromatic heterocycles. The number of carbonyl (C=O) groups is 1. The molecular formula is C16H15BrFNO2. The SMILES string of the molecule is CC(C)Oc1ccccc1NC(=O)c1cccc(Br)c1F. The Kier molecular flexibility index (Phi) is 4.96. The van der Waals surface area contributed by atoms with Gasteiger partial charge in [-0.05, 0) is 54.0 Å². The van der Waals surface area contributed by atoms with E-state index in [1.807, 2.05) is 19.9 Å². The fourth-order valence-electron chi connectivity index (χ4n) is 1.80. The molecule has 0 heterocycles. The standard InChI is InChI=1S/C16H15BrFNO2/c1-10(2)21-14-9-4-3-8-13(14)19-16(20)11-6-5-7-12(17)15(11)18/h3-10H,1-2H3,(H,19,20). The Labute approximate surface area is 131 Å². The molecular weight excluding hydrogens is 337 g/mol. The van der Waals surface area contributed by atoms with E-state index in [1.165, 1.54) is 6.07 Å². The lowest BCUT2D eigenvalue weighted by molar-refractivity contribution is 0.102. The fraction of sp³-hybridized carbons (Fsp3) is 0.188. The first-order chi connectivity index (χ1) is 9.99. The van der Waals surface area contributed by atoms with Crippen LogP contribution in [0.3, 0.4) is 0 Å². The van der Waals surface area contributed by atoms with E-state index >= 15 is 0 Å². The van der Waals surface area contributed by atoms with Crippen molar-refractivity contribution < 1.29 is 13.9 Å². The fourth-order valence-corrected chi connectivity index (χ4v) is 2.16. The number of amides is 1. The van der Waals surface area contributed by atoms with E-state index in [4.69, 9.17) is 4.74 Å². The van der Waals surface area contributed by atoms with Crippen molar-refractivity contribution in [2.24, 2.45) is 0 Å². The molecule has 2 rings (SSSR count). The molecule has 2 aromatic rings. The highest BCUT2D eigenvalue weighted by Gasteiger charge is 2.15. The van der Waals surface area contributed by atoms with Crippen LogP contribution in [0.1, 0.15) is 24.2 Å². The van der Waals surface area contributed by atoms with E-state index in [2.05, 4.69) is 21.2 Å². The number of rotatable bonds is 4. The monoisotopic (exact) mass is 351 g/mol. The van der Waals surface area contributed by atoms with Gasteiger partial charge in [0, 0.05) is 0 Å². The molecule has 0 fully saturated rings. The number of ether oxygens (including phenoxy) is 1. The number of hydrogen-bond acceptors (Lipinski definition) is 2. The van der Waals surface area contributed by atoms with Gasteiger partial charge in [0.25, 0.3) is 5.91 Å². The van der Waals surface area contributed by atoms with Crippen LogP contribution in [0.5, 0.6) is 5.75 Å². The van der Waals surface area contributed by atoms with Gasteiger partial charge < -0.3 is 10.1 Å². The molecule has 1 N–H and O–H groups in total. The number of hydrogen-bond donors (Lipinski definition) is 1. The summed E-state index contributed by atoms with van der Waals surface area (Å²) in [6, 6.07) is 11.6. The zero-order chi connectivity index (χ0) is 15.4. The Hall–Kier alpha value is -1.88. The van der Waals surface area contributed by atoms with Crippen molar-refractivity contribution in [3.8, 4) is 5.75 Å². The molecule has 1 amide bonds. The third kappa shape index (κ3) is 3.82. The second kappa shape index (κ2) is 6.72. The van der Waals surface area contributed by atoms with Crippen LogP contribution in [0.2, 0.25) is 0 Å². The van der Waals surface area contributed by atoms with Crippen LogP contribution in [-0.4, -0.2) is 12.0 Å². The van der Waals surface area contributed by atoms with Crippen LogP contribution in [0.25, 0.3) is 0 Å². The minimum Gasteiger partial charge on any atom is -0.489 e. The van der Waals surface area contributed by atoms with Gasteiger partial charge in [-0.25, -0.2) is 4.39 Å². The second-order valence-corrected chi connectivity index (χ2v) is 5.57. The van der Waals surface area contributed by atoms with Gasteiger partial charge >= 0.3 is 0 Å². The Morgan fingerprint density at radius 2 is 1.90 bits per heavy atom. The number of nitrogens with one attached hydrogen (secondary N) is 1. The molecule has 0 aliphatic carbocycles. The second-order valence-electron chi connectivity index (χ2n) is 4.72. The normalized spacial score (nSPS) is 10.5. The smallest absolute Gasteiger partial charge is 0.258 e. The molecule has 0 bridgehead atoms. The van der Waals surface area contributed by atoms with Crippen molar-refractivity contribution in [1.82, 2.24) is 0 Å². The predicted molar refractivity (Wildman–Crippen MR) is 84.3 cm³/mol. The topological polar surface area (TPSA) is 38.3 Å². The number of para-hydroxylation sites is 2. The van der Waals surface area contributed by atoms with Crippen molar-refractivity contribution in [1.29, 1.82) is 0 Å². The first-order valence-corrected chi connectivity index (χ1v) is 7.29. The van der Waals surface area contributed by atoms with Crippen LogP contribution in [0, 0.1) is 5.82 Å². The number of halogens is 2. The van der Waals surface area contributed by atoms with E-state index in [1.54, 1.807) is 30.3 Å². The Balaban J connectivity index is 2.26. The molecule has 0 atom stereocenters.